The lowest BCUT2D eigenvalue weighted by Gasteiger charge is -2.26. The molecule has 0 aromatic carbocycles. The number of esters is 1. The molecule has 0 saturated heterocycles. The average molecular weight is 256 g/mol. The van der Waals surface area contributed by atoms with Crippen LogP contribution in [-0.2, 0) is 14.3 Å². The van der Waals surface area contributed by atoms with Crippen LogP contribution in [0.15, 0.2) is 0 Å². The van der Waals surface area contributed by atoms with Crippen LogP contribution in [0.4, 0.5) is 4.79 Å². The maximum absolute atomic E-state index is 11.8. The Labute approximate surface area is 107 Å². The lowest BCUT2D eigenvalue weighted by molar-refractivity contribution is -0.143. The molecule has 0 unspecified atom stereocenters. The van der Waals surface area contributed by atoms with E-state index < -0.39 is 17.7 Å². The first-order valence-electron chi connectivity index (χ1n) is 5.80. The topological polar surface area (TPSA) is 79.6 Å². The van der Waals surface area contributed by atoms with Crippen LogP contribution in [-0.4, -0.2) is 42.3 Å². The molecule has 1 amide bonds. The van der Waals surface area contributed by atoms with Gasteiger partial charge in [0.2, 0.25) is 0 Å². The van der Waals surface area contributed by atoms with Gasteiger partial charge in [-0.05, 0) is 27.2 Å². The van der Waals surface area contributed by atoms with Crippen molar-refractivity contribution in [3.05, 3.63) is 0 Å². The predicted octanol–water partition coefficient (Wildman–Crippen LogP) is 1.70. The second-order valence-corrected chi connectivity index (χ2v) is 4.72. The zero-order valence-corrected chi connectivity index (χ0v) is 11.4. The van der Waals surface area contributed by atoms with Crippen LogP contribution in [0, 0.1) is 11.3 Å². The number of nitriles is 1. The number of nitrogens with zero attached hydrogens (tertiary/aromatic N) is 2. The molecule has 0 fully saturated rings. The Morgan fingerprint density at radius 1 is 1.33 bits per heavy atom. The van der Waals surface area contributed by atoms with E-state index in [2.05, 4.69) is 4.74 Å². The lowest BCUT2D eigenvalue weighted by Crippen LogP contribution is -2.40. The van der Waals surface area contributed by atoms with Gasteiger partial charge in [-0.25, -0.2) is 4.79 Å². The molecule has 0 aromatic rings. The second kappa shape index (κ2) is 7.54. The summed E-state index contributed by atoms with van der Waals surface area (Å²) in [5.74, 6) is -0.615. The van der Waals surface area contributed by atoms with Crippen molar-refractivity contribution in [1.29, 1.82) is 5.26 Å². The van der Waals surface area contributed by atoms with Crippen molar-refractivity contribution in [2.45, 2.75) is 39.7 Å². The molecule has 0 aliphatic heterocycles. The summed E-state index contributed by atoms with van der Waals surface area (Å²) in [6, 6.07) is 1.69. The van der Waals surface area contributed by atoms with Crippen molar-refractivity contribution in [2.24, 2.45) is 0 Å². The van der Waals surface area contributed by atoms with Gasteiger partial charge in [-0.2, -0.15) is 5.26 Å². The molecule has 102 valence electrons. The lowest BCUT2D eigenvalue weighted by atomic mass is 10.2. The largest absolute Gasteiger partial charge is 0.449 e. The molecule has 0 rings (SSSR count). The Balaban J connectivity index is 4.42. The van der Waals surface area contributed by atoms with Crippen LogP contribution < -0.4 is 0 Å². The van der Waals surface area contributed by atoms with E-state index in [0.29, 0.717) is 13.0 Å². The molecule has 0 N–H and O–H groups in total. The van der Waals surface area contributed by atoms with Crippen molar-refractivity contribution in [1.82, 2.24) is 4.90 Å². The van der Waals surface area contributed by atoms with E-state index in [1.807, 2.05) is 6.92 Å². The molecule has 0 heterocycles. The highest BCUT2D eigenvalue weighted by Crippen LogP contribution is 2.10. The van der Waals surface area contributed by atoms with Crippen LogP contribution >= 0.6 is 0 Å². The minimum atomic E-state index is -0.615. The molecular weight excluding hydrogens is 236 g/mol. The average Bonchev–Trinajstić information content (AvgIpc) is 2.23. The van der Waals surface area contributed by atoms with Crippen molar-refractivity contribution in [3.8, 4) is 6.07 Å². The van der Waals surface area contributed by atoms with Crippen LogP contribution in [0.5, 0.6) is 0 Å². The summed E-state index contributed by atoms with van der Waals surface area (Å²) < 4.78 is 9.77. The van der Waals surface area contributed by atoms with Gasteiger partial charge >= 0.3 is 12.1 Å². The zero-order valence-electron chi connectivity index (χ0n) is 11.4. The van der Waals surface area contributed by atoms with Crippen molar-refractivity contribution in [3.63, 3.8) is 0 Å². The van der Waals surface area contributed by atoms with E-state index in [0.717, 1.165) is 0 Å². The third kappa shape index (κ3) is 7.49. The van der Waals surface area contributed by atoms with Crippen LogP contribution in [0.3, 0.4) is 0 Å². The van der Waals surface area contributed by atoms with Gasteiger partial charge in [0.05, 0.1) is 0 Å². The van der Waals surface area contributed by atoms with Crippen molar-refractivity contribution < 1.29 is 19.1 Å². The standard InChI is InChI=1S/C12H20N2O4/c1-5-7-14(9-10(15)17-8-6-13)11(16)18-12(2,3)4/h5,7-9H2,1-4H3. The highest BCUT2D eigenvalue weighted by molar-refractivity contribution is 5.78. The quantitative estimate of drug-likeness (QED) is 0.699. The maximum atomic E-state index is 11.8. The third-order valence-corrected chi connectivity index (χ3v) is 1.76. The van der Waals surface area contributed by atoms with E-state index >= 15 is 0 Å². The summed E-state index contributed by atoms with van der Waals surface area (Å²) in [6.45, 7) is 7.03. The predicted molar refractivity (Wildman–Crippen MR) is 64.7 cm³/mol. The number of rotatable bonds is 5. The minimum Gasteiger partial charge on any atom is -0.449 e. The molecule has 0 aliphatic carbocycles. The Morgan fingerprint density at radius 2 is 1.94 bits per heavy atom. The van der Waals surface area contributed by atoms with Gasteiger partial charge in [-0.1, -0.05) is 6.92 Å². The molecule has 0 aliphatic rings. The van der Waals surface area contributed by atoms with E-state index in [9.17, 15) is 9.59 Å². The number of carbonyl (C=O) groups excluding carboxylic acids is 2. The van der Waals surface area contributed by atoms with Gasteiger partial charge in [0.15, 0.2) is 6.61 Å². The first kappa shape index (κ1) is 16.2. The fraction of sp³-hybridized carbons (Fsp3) is 0.750. The van der Waals surface area contributed by atoms with Crippen LogP contribution in [0.25, 0.3) is 0 Å². The Hall–Kier alpha value is -1.77. The normalized spacial score (nSPS) is 10.4. The molecule has 6 heteroatoms. The zero-order chi connectivity index (χ0) is 14.2. The maximum Gasteiger partial charge on any atom is 0.410 e. The number of amides is 1. The summed E-state index contributed by atoms with van der Waals surface area (Å²) in [6.07, 6.45) is 0.142. The SMILES string of the molecule is CCCN(CC(=O)OCC#N)C(=O)OC(C)(C)C. The number of hydrogen-bond donors (Lipinski definition) is 0. The second-order valence-electron chi connectivity index (χ2n) is 4.72. The molecule has 18 heavy (non-hydrogen) atoms. The van der Waals surface area contributed by atoms with E-state index in [-0.39, 0.29) is 13.2 Å². The molecule has 0 saturated carbocycles. The highest BCUT2D eigenvalue weighted by Gasteiger charge is 2.23. The van der Waals surface area contributed by atoms with Gasteiger partial charge in [-0.15, -0.1) is 0 Å². The fourth-order valence-corrected chi connectivity index (χ4v) is 1.15. The van der Waals surface area contributed by atoms with Gasteiger partial charge in [0.1, 0.15) is 18.2 Å². The fourth-order valence-electron chi connectivity index (χ4n) is 1.15. The summed E-state index contributed by atoms with van der Waals surface area (Å²) in [5, 5.41) is 8.28. The number of carbonyl (C=O) groups is 2. The molecule has 6 nitrogen and oxygen atoms in total. The van der Waals surface area contributed by atoms with Crippen molar-refractivity contribution in [2.75, 3.05) is 19.7 Å². The van der Waals surface area contributed by atoms with Gasteiger partial charge in [0.25, 0.3) is 0 Å². The third-order valence-electron chi connectivity index (χ3n) is 1.76. The molecule has 0 radical (unpaired) electrons. The summed E-state index contributed by atoms with van der Waals surface area (Å²) in [7, 11) is 0. The number of ether oxygens (including phenoxy) is 2. The molecule has 0 aromatic heterocycles. The van der Waals surface area contributed by atoms with Crippen LogP contribution in [0.1, 0.15) is 34.1 Å². The Morgan fingerprint density at radius 3 is 2.39 bits per heavy atom. The molecular formula is C12H20N2O4. The number of hydrogen-bond acceptors (Lipinski definition) is 5. The minimum absolute atomic E-state index is 0.204. The molecule has 0 bridgehead atoms. The monoisotopic (exact) mass is 256 g/mol. The van der Waals surface area contributed by atoms with E-state index in [4.69, 9.17) is 10.00 Å². The summed E-state index contributed by atoms with van der Waals surface area (Å²) in [4.78, 5) is 24.4. The Kier molecular flexibility index (Phi) is 6.79. The van der Waals surface area contributed by atoms with Gasteiger partial charge < -0.3 is 9.47 Å². The summed E-state index contributed by atoms with van der Waals surface area (Å²) >= 11 is 0. The highest BCUT2D eigenvalue weighted by atomic mass is 16.6. The van der Waals surface area contributed by atoms with Crippen molar-refractivity contribution >= 4 is 12.1 Å². The van der Waals surface area contributed by atoms with E-state index in [1.54, 1.807) is 26.8 Å². The summed E-state index contributed by atoms with van der Waals surface area (Å²) in [5.41, 5.74) is -0.611. The smallest absolute Gasteiger partial charge is 0.410 e. The first-order chi connectivity index (χ1) is 8.30. The van der Waals surface area contributed by atoms with E-state index in [1.165, 1.54) is 4.90 Å². The Bertz CT molecular complexity index is 328. The van der Waals surface area contributed by atoms with Crippen LogP contribution in [0.2, 0.25) is 0 Å². The molecule has 0 atom stereocenters. The molecule has 0 spiro atoms. The first-order valence-corrected chi connectivity index (χ1v) is 5.80. The van der Waals surface area contributed by atoms with Gasteiger partial charge in [0, 0.05) is 6.54 Å². The van der Waals surface area contributed by atoms with Gasteiger partial charge in [-0.3, -0.25) is 9.69 Å².